The van der Waals surface area contributed by atoms with Crippen molar-refractivity contribution < 1.29 is 18.0 Å². The van der Waals surface area contributed by atoms with Crippen molar-refractivity contribution in [3.63, 3.8) is 0 Å². The maximum absolute atomic E-state index is 13.1. The van der Waals surface area contributed by atoms with E-state index >= 15 is 0 Å². The third-order valence-electron chi connectivity index (χ3n) is 3.66. The molecule has 0 unspecified atom stereocenters. The van der Waals surface area contributed by atoms with Crippen molar-refractivity contribution in [1.29, 1.82) is 5.26 Å². The van der Waals surface area contributed by atoms with Crippen LogP contribution in [0.15, 0.2) is 24.3 Å². The number of aryl methyl sites for hydroxylation is 1. The van der Waals surface area contributed by atoms with E-state index in [-0.39, 0.29) is 31.7 Å². The number of halogens is 3. The number of amides is 1. The topological polar surface area (TPSA) is 56.1 Å². The summed E-state index contributed by atoms with van der Waals surface area (Å²) in [6, 6.07) is 7.23. The van der Waals surface area contributed by atoms with E-state index in [9.17, 15) is 18.0 Å². The quantitative estimate of drug-likeness (QED) is 0.909. The van der Waals surface area contributed by atoms with Gasteiger partial charge < -0.3 is 0 Å². The molecule has 1 atom stereocenters. The van der Waals surface area contributed by atoms with E-state index in [0.717, 1.165) is 10.6 Å². The second-order valence-electron chi connectivity index (χ2n) is 5.20. The average molecular weight is 311 g/mol. The third-order valence-corrected chi connectivity index (χ3v) is 3.66. The van der Waals surface area contributed by atoms with Crippen molar-refractivity contribution >= 4 is 5.91 Å². The molecule has 22 heavy (non-hydrogen) atoms. The first kappa shape index (κ1) is 16.3. The molecule has 1 fully saturated rings. The molecule has 0 saturated carbocycles. The van der Waals surface area contributed by atoms with Crippen LogP contribution in [-0.4, -0.2) is 29.7 Å². The number of rotatable bonds is 5. The predicted molar refractivity (Wildman–Crippen MR) is 73.4 cm³/mol. The molecule has 4 nitrogen and oxygen atoms in total. The lowest BCUT2D eigenvalue weighted by Crippen LogP contribution is -2.49. The normalized spacial score (nSPS) is 17.1. The zero-order chi connectivity index (χ0) is 16.2. The predicted octanol–water partition coefficient (Wildman–Crippen LogP) is 2.55. The Morgan fingerprint density at radius 3 is 2.68 bits per heavy atom. The number of alkyl halides is 3. The molecule has 0 bridgehead atoms. The van der Waals surface area contributed by atoms with Crippen LogP contribution in [0.25, 0.3) is 0 Å². The number of hydrogen-bond acceptors (Lipinski definition) is 3. The van der Waals surface area contributed by atoms with E-state index in [2.05, 4.69) is 5.43 Å². The van der Waals surface area contributed by atoms with Crippen LogP contribution >= 0.6 is 0 Å². The lowest BCUT2D eigenvalue weighted by molar-refractivity contribution is -0.190. The van der Waals surface area contributed by atoms with Crippen molar-refractivity contribution in [2.75, 3.05) is 6.54 Å². The van der Waals surface area contributed by atoms with E-state index in [4.69, 9.17) is 5.26 Å². The van der Waals surface area contributed by atoms with E-state index in [0.29, 0.717) is 12.0 Å². The molecule has 2 rings (SSSR count). The van der Waals surface area contributed by atoms with Crippen LogP contribution in [0.3, 0.4) is 0 Å². The van der Waals surface area contributed by atoms with Gasteiger partial charge in [-0.25, -0.2) is 5.01 Å². The summed E-state index contributed by atoms with van der Waals surface area (Å²) in [7, 11) is 0. The number of carbonyl (C=O) groups excluding carboxylic acids is 1. The van der Waals surface area contributed by atoms with Crippen molar-refractivity contribution in [3.05, 3.63) is 35.4 Å². The highest BCUT2D eigenvalue weighted by Crippen LogP contribution is 2.29. The van der Waals surface area contributed by atoms with E-state index in [1.54, 1.807) is 24.3 Å². The Morgan fingerprint density at radius 1 is 1.36 bits per heavy atom. The van der Waals surface area contributed by atoms with Gasteiger partial charge in [0.05, 0.1) is 11.6 Å². The highest BCUT2D eigenvalue weighted by molar-refractivity contribution is 5.77. The van der Waals surface area contributed by atoms with Crippen LogP contribution in [-0.2, 0) is 11.2 Å². The highest BCUT2D eigenvalue weighted by atomic mass is 19.4. The van der Waals surface area contributed by atoms with Crippen LogP contribution in [0.4, 0.5) is 13.2 Å². The fourth-order valence-corrected chi connectivity index (χ4v) is 2.56. The molecule has 0 aliphatic carbocycles. The van der Waals surface area contributed by atoms with Crippen molar-refractivity contribution in [2.24, 2.45) is 0 Å². The number of nitrogens with one attached hydrogen (secondary N) is 1. The molecule has 1 aliphatic heterocycles. The molecule has 1 aromatic rings. The number of nitriles is 1. The molecule has 1 aromatic carbocycles. The fraction of sp³-hybridized carbons (Fsp3) is 0.467. The monoisotopic (exact) mass is 311 g/mol. The molecule has 1 heterocycles. The Hall–Kier alpha value is -2.07. The first-order valence-corrected chi connectivity index (χ1v) is 7.02. The molecule has 1 aliphatic rings. The minimum absolute atomic E-state index is 0.0673. The molecule has 7 heteroatoms. The standard InChI is InChI=1S/C15H16F3N3O/c16-15(17,18)13(21-9-8-14(22)20-21)7-3-6-11-4-1-2-5-12(11)10-19/h1-2,4-5,13H,3,6-9H2,(H,20,22)/t13-/m0/s1. The van der Waals surface area contributed by atoms with Crippen molar-refractivity contribution in [1.82, 2.24) is 10.4 Å². The summed E-state index contributed by atoms with van der Waals surface area (Å²) in [5.74, 6) is -0.385. The summed E-state index contributed by atoms with van der Waals surface area (Å²) in [5.41, 5.74) is 3.49. The van der Waals surface area contributed by atoms with Crippen LogP contribution in [0.2, 0.25) is 0 Å². The molecule has 1 saturated heterocycles. The lowest BCUT2D eigenvalue weighted by Gasteiger charge is -2.28. The van der Waals surface area contributed by atoms with Gasteiger partial charge in [0.15, 0.2) is 0 Å². The highest BCUT2D eigenvalue weighted by Gasteiger charge is 2.45. The van der Waals surface area contributed by atoms with Crippen LogP contribution < -0.4 is 5.43 Å². The minimum Gasteiger partial charge on any atom is -0.288 e. The van der Waals surface area contributed by atoms with Gasteiger partial charge in [0.2, 0.25) is 5.91 Å². The number of hydrogen-bond donors (Lipinski definition) is 1. The zero-order valence-electron chi connectivity index (χ0n) is 11.9. The third kappa shape index (κ3) is 3.98. The van der Waals surface area contributed by atoms with Gasteiger partial charge in [-0.1, -0.05) is 18.2 Å². The molecular formula is C15H16F3N3O. The zero-order valence-corrected chi connectivity index (χ0v) is 11.9. The van der Waals surface area contributed by atoms with Gasteiger partial charge in [0.25, 0.3) is 0 Å². The van der Waals surface area contributed by atoms with E-state index in [1.165, 1.54) is 0 Å². The van der Waals surface area contributed by atoms with Crippen molar-refractivity contribution in [3.8, 4) is 6.07 Å². The number of hydrazine groups is 1. The molecule has 118 valence electrons. The Morgan fingerprint density at radius 2 is 2.09 bits per heavy atom. The maximum atomic E-state index is 13.1. The van der Waals surface area contributed by atoms with E-state index in [1.807, 2.05) is 6.07 Å². The van der Waals surface area contributed by atoms with Crippen LogP contribution in [0.1, 0.15) is 30.4 Å². The van der Waals surface area contributed by atoms with Gasteiger partial charge in [-0.15, -0.1) is 0 Å². The Bertz CT molecular complexity index is 580. The van der Waals surface area contributed by atoms with Gasteiger partial charge in [-0.3, -0.25) is 10.2 Å². The molecule has 0 radical (unpaired) electrons. The second kappa shape index (κ2) is 6.79. The molecule has 1 amide bonds. The fourth-order valence-electron chi connectivity index (χ4n) is 2.56. The summed E-state index contributed by atoms with van der Waals surface area (Å²) in [6.45, 7) is 0.0673. The summed E-state index contributed by atoms with van der Waals surface area (Å²) < 4.78 is 39.4. The minimum atomic E-state index is -4.40. The molecular weight excluding hydrogens is 295 g/mol. The molecule has 1 N–H and O–H groups in total. The van der Waals surface area contributed by atoms with Crippen molar-refractivity contribution in [2.45, 2.75) is 37.9 Å². The lowest BCUT2D eigenvalue weighted by atomic mass is 10.0. The molecule has 0 aromatic heterocycles. The average Bonchev–Trinajstić information content (AvgIpc) is 2.88. The SMILES string of the molecule is N#Cc1ccccc1CCC[C@H](N1CCC(=O)N1)C(F)(F)F. The van der Waals surface area contributed by atoms with Gasteiger partial charge in [0.1, 0.15) is 6.04 Å². The Balaban J connectivity index is 1.97. The second-order valence-corrected chi connectivity index (χ2v) is 5.20. The Labute approximate surface area is 126 Å². The smallest absolute Gasteiger partial charge is 0.288 e. The summed E-state index contributed by atoms with van der Waals surface area (Å²) in [6.07, 6.45) is -3.74. The van der Waals surface area contributed by atoms with Crippen LogP contribution in [0.5, 0.6) is 0 Å². The van der Waals surface area contributed by atoms with Gasteiger partial charge in [-0.2, -0.15) is 18.4 Å². The number of carbonyl (C=O) groups is 1. The number of nitrogens with zero attached hydrogens (tertiary/aromatic N) is 2. The van der Waals surface area contributed by atoms with Gasteiger partial charge in [-0.05, 0) is 30.9 Å². The maximum Gasteiger partial charge on any atom is 0.405 e. The van der Waals surface area contributed by atoms with Gasteiger partial charge >= 0.3 is 6.18 Å². The van der Waals surface area contributed by atoms with E-state index < -0.39 is 12.2 Å². The Kier molecular flexibility index (Phi) is 5.03. The largest absolute Gasteiger partial charge is 0.405 e. The van der Waals surface area contributed by atoms with Gasteiger partial charge in [0, 0.05) is 13.0 Å². The number of benzene rings is 1. The summed E-state index contributed by atoms with van der Waals surface area (Å²) in [4.78, 5) is 11.1. The van der Waals surface area contributed by atoms with Crippen LogP contribution in [0, 0.1) is 11.3 Å². The summed E-state index contributed by atoms with van der Waals surface area (Å²) in [5, 5.41) is 9.94. The first-order valence-electron chi connectivity index (χ1n) is 7.02. The summed E-state index contributed by atoms with van der Waals surface area (Å²) >= 11 is 0. The first-order chi connectivity index (χ1) is 10.4. The molecule has 0 spiro atoms.